The summed E-state index contributed by atoms with van der Waals surface area (Å²) < 4.78 is 14.0. The summed E-state index contributed by atoms with van der Waals surface area (Å²) in [6, 6.07) is 23.4. The number of hydrogen-bond donors (Lipinski definition) is 0. The second-order valence-electron chi connectivity index (χ2n) is 7.16. The maximum atomic E-state index is 13.5. The number of thiazole rings is 1. The Morgan fingerprint density at radius 3 is 2.26 bits per heavy atom. The number of fused-ring (bicyclic) bond motifs is 2. The Morgan fingerprint density at radius 2 is 1.65 bits per heavy atom. The zero-order chi connectivity index (χ0) is 21.2. The van der Waals surface area contributed by atoms with Crippen molar-refractivity contribution in [1.29, 1.82) is 0 Å². The number of carbonyl (C=O) groups excluding carboxylic acids is 1. The van der Waals surface area contributed by atoms with Gasteiger partial charge in [-0.1, -0.05) is 78.1 Å². The van der Waals surface area contributed by atoms with Gasteiger partial charge in [-0.2, -0.15) is 4.99 Å². The highest BCUT2D eigenvalue weighted by Gasteiger charge is 2.23. The predicted molar refractivity (Wildman–Crippen MR) is 121 cm³/mol. The molecule has 0 fully saturated rings. The molecular weight excluding hydrogens is 408 g/mol. The van der Waals surface area contributed by atoms with Crippen LogP contribution in [0.15, 0.2) is 90.4 Å². The van der Waals surface area contributed by atoms with Gasteiger partial charge in [0.05, 0.1) is 16.1 Å². The van der Waals surface area contributed by atoms with Crippen LogP contribution in [0.25, 0.3) is 10.2 Å². The summed E-state index contributed by atoms with van der Waals surface area (Å²) in [6.45, 7) is 4.62. The lowest BCUT2D eigenvalue weighted by atomic mass is 9.91. The van der Waals surface area contributed by atoms with E-state index in [4.69, 9.17) is 9.47 Å². The average molecular weight is 429 g/mol. The molecule has 1 amide bonds. The van der Waals surface area contributed by atoms with Crippen molar-refractivity contribution in [3.8, 4) is 11.5 Å². The molecule has 1 aliphatic heterocycles. The summed E-state index contributed by atoms with van der Waals surface area (Å²) >= 11 is 1.46. The summed E-state index contributed by atoms with van der Waals surface area (Å²) in [5.41, 5.74) is 2.77. The number of benzene rings is 3. The Labute approximate surface area is 183 Å². The Kier molecular flexibility index (Phi) is 5.14. The molecule has 154 valence electrons. The highest BCUT2D eigenvalue weighted by Crippen LogP contribution is 2.37. The van der Waals surface area contributed by atoms with Gasteiger partial charge >= 0.3 is 0 Å². The summed E-state index contributed by atoms with van der Waals surface area (Å²) in [6.07, 6.45) is 1.80. The fourth-order valence-electron chi connectivity index (χ4n) is 3.78. The number of amides is 1. The molecule has 0 radical (unpaired) electrons. The average Bonchev–Trinajstić information content (AvgIpc) is 3.38. The zero-order valence-corrected chi connectivity index (χ0v) is 17.5. The fourth-order valence-corrected chi connectivity index (χ4v) is 4.83. The third-order valence-electron chi connectivity index (χ3n) is 5.21. The van der Waals surface area contributed by atoms with Gasteiger partial charge < -0.3 is 14.0 Å². The lowest BCUT2D eigenvalue weighted by Crippen LogP contribution is -2.20. The lowest BCUT2D eigenvalue weighted by molar-refractivity contribution is -0.118. The van der Waals surface area contributed by atoms with E-state index in [1.807, 2.05) is 77.4 Å². The molecule has 3 aromatic carbocycles. The van der Waals surface area contributed by atoms with Gasteiger partial charge in [-0.25, -0.2) is 0 Å². The normalized spacial score (nSPS) is 13.1. The maximum absolute atomic E-state index is 13.5. The van der Waals surface area contributed by atoms with Crippen molar-refractivity contribution in [2.75, 3.05) is 6.79 Å². The van der Waals surface area contributed by atoms with E-state index in [1.165, 1.54) is 11.3 Å². The van der Waals surface area contributed by atoms with E-state index in [2.05, 4.69) is 11.6 Å². The molecule has 31 heavy (non-hydrogen) atoms. The van der Waals surface area contributed by atoms with Crippen molar-refractivity contribution in [2.45, 2.75) is 12.5 Å². The van der Waals surface area contributed by atoms with Crippen LogP contribution in [0.5, 0.6) is 11.5 Å². The van der Waals surface area contributed by atoms with Crippen molar-refractivity contribution in [1.82, 2.24) is 4.57 Å². The Morgan fingerprint density at radius 1 is 1.03 bits per heavy atom. The van der Waals surface area contributed by atoms with Gasteiger partial charge in [-0.15, -0.1) is 6.58 Å². The highest BCUT2D eigenvalue weighted by atomic mass is 32.1. The van der Waals surface area contributed by atoms with E-state index in [0.29, 0.717) is 22.8 Å². The van der Waals surface area contributed by atoms with Gasteiger partial charge in [0.25, 0.3) is 5.91 Å². The van der Waals surface area contributed by atoms with Crippen LogP contribution in [-0.2, 0) is 11.3 Å². The van der Waals surface area contributed by atoms with Crippen molar-refractivity contribution >= 4 is 27.5 Å². The molecule has 5 nitrogen and oxygen atoms in total. The highest BCUT2D eigenvalue weighted by molar-refractivity contribution is 7.16. The van der Waals surface area contributed by atoms with Crippen LogP contribution in [-0.4, -0.2) is 17.3 Å². The fraction of sp³-hybridized carbons (Fsp3) is 0.120. The topological polar surface area (TPSA) is 52.8 Å². The Balaban J connectivity index is 1.65. The minimum absolute atomic E-state index is 0.207. The van der Waals surface area contributed by atoms with Gasteiger partial charge in [-0.3, -0.25) is 4.79 Å². The molecule has 0 saturated carbocycles. The summed E-state index contributed by atoms with van der Waals surface area (Å²) in [7, 11) is 0. The summed E-state index contributed by atoms with van der Waals surface area (Å²) in [5.74, 6) is 0.736. The molecule has 0 unspecified atom stereocenters. The summed E-state index contributed by atoms with van der Waals surface area (Å²) in [4.78, 5) is 18.7. The molecule has 0 spiro atoms. The number of allylic oxidation sites excluding steroid dienone is 1. The molecule has 5 rings (SSSR count). The van der Waals surface area contributed by atoms with Crippen LogP contribution in [0.2, 0.25) is 0 Å². The van der Waals surface area contributed by atoms with Gasteiger partial charge in [0.15, 0.2) is 16.3 Å². The zero-order valence-electron chi connectivity index (χ0n) is 16.7. The molecule has 6 heteroatoms. The molecule has 2 heterocycles. The molecule has 0 saturated heterocycles. The number of nitrogens with zero attached hydrogens (tertiary/aromatic N) is 2. The maximum Gasteiger partial charge on any atom is 0.260 e. The Hall–Kier alpha value is -3.64. The van der Waals surface area contributed by atoms with E-state index in [9.17, 15) is 4.79 Å². The molecule has 0 N–H and O–H groups in total. The number of rotatable bonds is 5. The van der Waals surface area contributed by atoms with Crippen molar-refractivity contribution in [3.63, 3.8) is 0 Å². The molecule has 4 aromatic rings. The van der Waals surface area contributed by atoms with Gasteiger partial charge in [-0.05, 0) is 11.1 Å². The molecule has 1 aliphatic rings. The minimum atomic E-state index is -0.471. The van der Waals surface area contributed by atoms with Crippen LogP contribution >= 0.6 is 11.3 Å². The first-order chi connectivity index (χ1) is 15.2. The largest absolute Gasteiger partial charge is 0.454 e. The van der Waals surface area contributed by atoms with Crippen LogP contribution in [0.4, 0.5) is 0 Å². The smallest absolute Gasteiger partial charge is 0.260 e. The third kappa shape index (κ3) is 3.66. The van der Waals surface area contributed by atoms with E-state index < -0.39 is 5.92 Å². The van der Waals surface area contributed by atoms with Gasteiger partial charge in [0, 0.05) is 18.7 Å². The molecule has 0 atom stereocenters. The van der Waals surface area contributed by atoms with Gasteiger partial charge in [0.1, 0.15) is 0 Å². The first kappa shape index (κ1) is 19.3. The molecule has 0 aliphatic carbocycles. The molecular formula is C25H20N2O3S. The quantitative estimate of drug-likeness (QED) is 0.426. The van der Waals surface area contributed by atoms with Gasteiger partial charge in [0.2, 0.25) is 6.79 Å². The predicted octanol–water partition coefficient (Wildman–Crippen LogP) is 4.88. The lowest BCUT2D eigenvalue weighted by Gasteiger charge is -2.14. The number of carbonyl (C=O) groups is 1. The van der Waals surface area contributed by atoms with E-state index in [-0.39, 0.29) is 12.7 Å². The van der Waals surface area contributed by atoms with E-state index in [0.717, 1.165) is 21.3 Å². The van der Waals surface area contributed by atoms with Crippen LogP contribution in [0.3, 0.4) is 0 Å². The molecule has 0 bridgehead atoms. The monoisotopic (exact) mass is 428 g/mol. The first-order valence-corrected chi connectivity index (χ1v) is 10.8. The molecule has 1 aromatic heterocycles. The first-order valence-electron chi connectivity index (χ1n) is 9.97. The van der Waals surface area contributed by atoms with Crippen LogP contribution in [0.1, 0.15) is 17.0 Å². The van der Waals surface area contributed by atoms with Crippen molar-refractivity contribution in [2.24, 2.45) is 4.99 Å². The van der Waals surface area contributed by atoms with Crippen molar-refractivity contribution < 1.29 is 14.3 Å². The standard InChI is InChI=1S/C25H20N2O3S/c1-2-13-27-19-14-20-21(30-16-29-20)15-22(19)31-25(27)26-24(28)23(17-9-5-3-6-10-17)18-11-7-4-8-12-18/h2-12,14-15,23H,1,13,16H2. The second-order valence-corrected chi connectivity index (χ2v) is 8.17. The summed E-state index contributed by atoms with van der Waals surface area (Å²) in [5, 5.41) is 0. The minimum Gasteiger partial charge on any atom is -0.454 e. The number of aromatic nitrogens is 1. The SMILES string of the molecule is C=CCn1c(=NC(=O)C(c2ccccc2)c2ccccc2)sc2cc3c(cc21)OCO3. The van der Waals surface area contributed by atoms with E-state index in [1.54, 1.807) is 6.08 Å². The van der Waals surface area contributed by atoms with Crippen molar-refractivity contribution in [3.05, 3.63) is 101 Å². The van der Waals surface area contributed by atoms with E-state index >= 15 is 0 Å². The number of ether oxygens (including phenoxy) is 2. The Bertz CT molecular complexity index is 1280. The second kappa shape index (κ2) is 8.24. The van der Waals surface area contributed by atoms with Crippen LogP contribution in [0, 0.1) is 0 Å². The third-order valence-corrected chi connectivity index (χ3v) is 6.25. The van der Waals surface area contributed by atoms with Crippen LogP contribution < -0.4 is 14.3 Å². The number of hydrogen-bond acceptors (Lipinski definition) is 4.